The summed E-state index contributed by atoms with van der Waals surface area (Å²) in [5, 5.41) is 24.1. The second-order valence-corrected chi connectivity index (χ2v) is 10.3. The highest BCUT2D eigenvalue weighted by molar-refractivity contribution is 5.42. The zero-order valence-electron chi connectivity index (χ0n) is 22.2. The number of rotatable bonds is 12. The topological polar surface area (TPSA) is 114 Å². The molecule has 0 amide bonds. The van der Waals surface area contributed by atoms with Crippen LogP contribution in [0.15, 0.2) is 66.6 Å². The molecule has 0 aliphatic carbocycles. The third kappa shape index (κ3) is 6.83. The molecule has 0 aromatic heterocycles. The van der Waals surface area contributed by atoms with Crippen LogP contribution in [-0.2, 0) is 10.3 Å². The Hall–Kier alpha value is -3.14. The van der Waals surface area contributed by atoms with E-state index in [9.17, 15) is 15.2 Å². The number of nitrogens with zero attached hydrogens (tertiary/aromatic N) is 3. The fraction of sp³-hybridized carbons (Fsp3) is 0.517. The van der Waals surface area contributed by atoms with Crippen LogP contribution >= 0.6 is 0 Å². The van der Waals surface area contributed by atoms with Gasteiger partial charge in [-0.25, -0.2) is 0 Å². The summed E-state index contributed by atoms with van der Waals surface area (Å²) in [6.07, 6.45) is 5.68. The van der Waals surface area contributed by atoms with E-state index in [1.165, 1.54) is 0 Å². The van der Waals surface area contributed by atoms with E-state index in [1.54, 1.807) is 7.11 Å². The zero-order chi connectivity index (χ0) is 27.0. The Balaban J connectivity index is 1.65. The fourth-order valence-corrected chi connectivity index (χ4v) is 5.76. The summed E-state index contributed by atoms with van der Waals surface area (Å²) in [5.41, 5.74) is 5.70. The first-order valence-electron chi connectivity index (χ1n) is 13.5. The van der Waals surface area contributed by atoms with E-state index in [-0.39, 0.29) is 16.9 Å². The lowest BCUT2D eigenvalue weighted by Gasteiger charge is -2.45. The summed E-state index contributed by atoms with van der Waals surface area (Å²) in [6.45, 7) is 3.11. The molecule has 9 heteroatoms. The SMILES string of the molecule is COCCCCC(O)(c1ccccc1Oc1ccccc1)C1CCCN(/C(=C\[N+](=O)[O-])N2CCC(N)C2)C1. The number of methoxy groups -OCH3 is 1. The first-order chi connectivity index (χ1) is 18.4. The second kappa shape index (κ2) is 13.1. The Kier molecular flexibility index (Phi) is 9.60. The minimum Gasteiger partial charge on any atom is -0.457 e. The minimum atomic E-state index is -1.18. The van der Waals surface area contributed by atoms with Crippen molar-refractivity contribution in [3.05, 3.63) is 82.3 Å². The number of benzene rings is 2. The van der Waals surface area contributed by atoms with Gasteiger partial charge in [0.25, 0.3) is 6.20 Å². The van der Waals surface area contributed by atoms with Gasteiger partial charge in [-0.15, -0.1) is 0 Å². The maximum absolute atomic E-state index is 12.5. The van der Waals surface area contributed by atoms with Crippen LogP contribution in [0.3, 0.4) is 0 Å². The molecular weight excluding hydrogens is 484 g/mol. The smallest absolute Gasteiger partial charge is 0.274 e. The van der Waals surface area contributed by atoms with Crippen molar-refractivity contribution in [3.63, 3.8) is 0 Å². The van der Waals surface area contributed by atoms with Crippen LogP contribution in [0, 0.1) is 16.0 Å². The van der Waals surface area contributed by atoms with Crippen molar-refractivity contribution < 1.29 is 19.5 Å². The van der Waals surface area contributed by atoms with Gasteiger partial charge in [-0.1, -0.05) is 36.4 Å². The van der Waals surface area contributed by atoms with Gasteiger partial charge >= 0.3 is 0 Å². The van der Waals surface area contributed by atoms with Gasteiger partial charge < -0.3 is 30.1 Å². The first-order valence-corrected chi connectivity index (χ1v) is 13.5. The number of hydrogen-bond donors (Lipinski definition) is 2. The summed E-state index contributed by atoms with van der Waals surface area (Å²) in [4.78, 5) is 15.3. The van der Waals surface area contributed by atoms with Crippen LogP contribution in [0.5, 0.6) is 11.5 Å². The van der Waals surface area contributed by atoms with E-state index >= 15 is 0 Å². The minimum absolute atomic E-state index is 0.00507. The molecule has 2 saturated heterocycles. The van der Waals surface area contributed by atoms with E-state index in [0.29, 0.717) is 56.5 Å². The van der Waals surface area contributed by atoms with E-state index < -0.39 is 5.60 Å². The van der Waals surface area contributed by atoms with Gasteiger partial charge in [-0.05, 0) is 56.7 Å². The van der Waals surface area contributed by atoms with Crippen molar-refractivity contribution in [1.82, 2.24) is 9.80 Å². The predicted octanol–water partition coefficient (Wildman–Crippen LogP) is 4.30. The van der Waals surface area contributed by atoms with Crippen molar-refractivity contribution in [1.29, 1.82) is 0 Å². The lowest BCUT2D eigenvalue weighted by molar-refractivity contribution is -0.405. The highest BCUT2D eigenvalue weighted by Gasteiger charge is 2.43. The summed E-state index contributed by atoms with van der Waals surface area (Å²) in [5.74, 6) is 1.76. The number of unbranched alkanes of at least 4 members (excludes halogenated alkanes) is 1. The number of aliphatic hydroxyl groups is 1. The zero-order valence-corrected chi connectivity index (χ0v) is 22.2. The number of para-hydroxylation sites is 2. The Morgan fingerprint density at radius 2 is 1.84 bits per heavy atom. The predicted molar refractivity (Wildman–Crippen MR) is 146 cm³/mol. The summed E-state index contributed by atoms with van der Waals surface area (Å²) >= 11 is 0. The maximum atomic E-state index is 12.5. The van der Waals surface area contributed by atoms with Crippen molar-refractivity contribution in [3.8, 4) is 11.5 Å². The molecular formula is C29H40N4O5. The number of piperidine rings is 1. The lowest BCUT2D eigenvalue weighted by atomic mass is 9.73. The molecule has 2 aliphatic heterocycles. The van der Waals surface area contributed by atoms with Crippen LogP contribution in [0.25, 0.3) is 0 Å². The molecule has 2 aromatic rings. The van der Waals surface area contributed by atoms with Crippen molar-refractivity contribution >= 4 is 0 Å². The van der Waals surface area contributed by atoms with Crippen LogP contribution in [0.4, 0.5) is 0 Å². The number of nitro groups is 1. The van der Waals surface area contributed by atoms with E-state index in [4.69, 9.17) is 15.2 Å². The molecule has 3 N–H and O–H groups in total. The molecule has 0 radical (unpaired) electrons. The van der Waals surface area contributed by atoms with Crippen LogP contribution in [0.1, 0.15) is 44.1 Å². The highest BCUT2D eigenvalue weighted by Crippen LogP contribution is 2.45. The number of ether oxygens (including phenoxy) is 2. The molecule has 0 bridgehead atoms. The van der Waals surface area contributed by atoms with Gasteiger partial charge in [0.15, 0.2) is 5.82 Å². The number of hydrogen-bond acceptors (Lipinski definition) is 8. The fourth-order valence-electron chi connectivity index (χ4n) is 5.76. The summed E-state index contributed by atoms with van der Waals surface area (Å²) in [7, 11) is 1.68. The molecule has 0 spiro atoms. The molecule has 0 saturated carbocycles. The lowest BCUT2D eigenvalue weighted by Crippen LogP contribution is -2.48. The van der Waals surface area contributed by atoms with Crippen molar-refractivity contribution in [2.75, 3.05) is 39.9 Å². The molecule has 2 aliphatic rings. The average molecular weight is 525 g/mol. The quantitative estimate of drug-likeness (QED) is 0.240. The molecule has 2 aromatic carbocycles. The Morgan fingerprint density at radius 3 is 2.55 bits per heavy atom. The van der Waals surface area contributed by atoms with Gasteiger partial charge in [-0.2, -0.15) is 0 Å². The second-order valence-electron chi connectivity index (χ2n) is 10.3. The highest BCUT2D eigenvalue weighted by atomic mass is 16.6. The molecule has 4 rings (SSSR count). The summed E-state index contributed by atoms with van der Waals surface area (Å²) < 4.78 is 11.5. The van der Waals surface area contributed by atoms with Crippen LogP contribution in [0.2, 0.25) is 0 Å². The Labute approximate surface area is 225 Å². The van der Waals surface area contributed by atoms with Gasteiger partial charge in [0.05, 0.1) is 10.5 Å². The van der Waals surface area contributed by atoms with Gasteiger partial charge in [-0.3, -0.25) is 10.1 Å². The van der Waals surface area contributed by atoms with E-state index in [1.807, 2.05) is 59.5 Å². The average Bonchev–Trinajstić information content (AvgIpc) is 3.36. The van der Waals surface area contributed by atoms with Crippen molar-refractivity contribution in [2.24, 2.45) is 11.7 Å². The molecule has 3 atom stereocenters. The standard InChI is InChI=1S/C29H40N4O5/c1-37-19-8-7-16-29(34,26-13-5-6-14-27(26)38-25-11-3-2-4-12-25)23-10-9-17-31(20-23)28(22-33(35)36)32-18-15-24(30)21-32/h2-6,11-14,22-24,34H,7-10,15-21,30H2,1H3/b28-22+. The number of likely N-dealkylation sites (tertiary alicyclic amines) is 2. The van der Waals surface area contributed by atoms with Gasteiger partial charge in [0, 0.05) is 57.4 Å². The Morgan fingerprint density at radius 1 is 1.11 bits per heavy atom. The largest absolute Gasteiger partial charge is 0.457 e. The molecule has 206 valence electrons. The molecule has 2 heterocycles. The van der Waals surface area contributed by atoms with Crippen LogP contribution < -0.4 is 10.5 Å². The van der Waals surface area contributed by atoms with Crippen molar-refractivity contribution in [2.45, 2.75) is 50.2 Å². The van der Waals surface area contributed by atoms with Gasteiger partial charge in [0.2, 0.25) is 0 Å². The van der Waals surface area contributed by atoms with E-state index in [0.717, 1.165) is 43.9 Å². The molecule has 38 heavy (non-hydrogen) atoms. The maximum Gasteiger partial charge on any atom is 0.274 e. The molecule has 9 nitrogen and oxygen atoms in total. The normalized spacial score (nSPS) is 21.8. The molecule has 2 fully saturated rings. The van der Waals surface area contributed by atoms with E-state index in [2.05, 4.69) is 4.90 Å². The third-order valence-electron chi connectivity index (χ3n) is 7.67. The third-order valence-corrected chi connectivity index (χ3v) is 7.67. The molecule has 3 unspecified atom stereocenters. The van der Waals surface area contributed by atoms with Gasteiger partial charge in [0.1, 0.15) is 11.5 Å². The monoisotopic (exact) mass is 524 g/mol. The Bertz CT molecular complexity index is 1080. The number of nitrogens with two attached hydrogens (primary N) is 1. The first kappa shape index (κ1) is 27.9. The summed E-state index contributed by atoms with van der Waals surface area (Å²) in [6, 6.07) is 17.2. The van der Waals surface area contributed by atoms with Crippen LogP contribution in [-0.4, -0.2) is 65.8 Å².